The Morgan fingerprint density at radius 3 is 2.50 bits per heavy atom. The van der Waals surface area contributed by atoms with Crippen molar-refractivity contribution in [1.29, 1.82) is 0 Å². The standard InChI is InChI=1S/C19H18FN3O/c1-13-18(11-14-7-9-16(10-8-14)22(2)3)19(24)23(21-13)17-6-4-5-15(20)12-17/h4-12,21H,1H2,2-3H3/b18-11+. The molecule has 0 aliphatic heterocycles. The number of hydrogen-bond donors (Lipinski definition) is 1. The fourth-order valence-corrected chi connectivity index (χ4v) is 2.48. The number of anilines is 1. The van der Waals surface area contributed by atoms with E-state index in [0.717, 1.165) is 11.3 Å². The minimum atomic E-state index is -0.399. The van der Waals surface area contributed by atoms with Gasteiger partial charge < -0.3 is 4.90 Å². The van der Waals surface area contributed by atoms with Crippen LogP contribution in [0.4, 0.5) is 10.1 Å². The summed E-state index contributed by atoms with van der Waals surface area (Å²) in [5.41, 5.74) is 2.15. The van der Waals surface area contributed by atoms with Gasteiger partial charge in [-0.3, -0.25) is 9.89 Å². The minimum Gasteiger partial charge on any atom is -0.378 e. The van der Waals surface area contributed by atoms with Gasteiger partial charge in [-0.05, 0) is 42.0 Å². The lowest BCUT2D eigenvalue weighted by atomic mass is 10.1. The van der Waals surface area contributed by atoms with Crippen LogP contribution in [0.3, 0.4) is 0 Å². The number of benzene rings is 2. The summed E-state index contributed by atoms with van der Waals surface area (Å²) in [7, 11) is 3.94. The van der Waals surface area contributed by atoms with Gasteiger partial charge in [-0.1, -0.05) is 24.8 Å². The molecule has 24 heavy (non-hydrogen) atoms. The van der Waals surface area contributed by atoms with E-state index in [2.05, 4.69) is 11.7 Å². The van der Waals surface area contributed by atoms with Crippen LogP contribution in [-0.2, 0) is 0 Å². The fraction of sp³-hybridized carbons (Fsp3) is 0.105. The highest BCUT2D eigenvalue weighted by Crippen LogP contribution is 2.12. The predicted molar refractivity (Wildman–Crippen MR) is 95.5 cm³/mol. The lowest BCUT2D eigenvalue weighted by Crippen LogP contribution is -2.33. The molecular weight excluding hydrogens is 305 g/mol. The Bertz CT molecular complexity index is 1030. The molecule has 0 aliphatic carbocycles. The molecule has 0 bridgehead atoms. The molecule has 0 saturated carbocycles. The third-order valence-corrected chi connectivity index (χ3v) is 3.79. The van der Waals surface area contributed by atoms with Crippen LogP contribution in [0.15, 0.2) is 53.3 Å². The van der Waals surface area contributed by atoms with Crippen molar-refractivity contribution in [3.8, 4) is 5.69 Å². The summed E-state index contributed by atoms with van der Waals surface area (Å²) < 4.78 is 14.7. The first kappa shape index (κ1) is 15.8. The van der Waals surface area contributed by atoms with E-state index < -0.39 is 5.82 Å². The zero-order chi connectivity index (χ0) is 17.3. The number of H-pyrrole nitrogens is 1. The van der Waals surface area contributed by atoms with Crippen LogP contribution in [0.5, 0.6) is 0 Å². The molecule has 0 atom stereocenters. The number of halogens is 1. The lowest BCUT2D eigenvalue weighted by Gasteiger charge is -2.11. The average Bonchev–Trinajstić information content (AvgIpc) is 2.83. The first-order valence-electron chi connectivity index (χ1n) is 7.51. The Morgan fingerprint density at radius 1 is 1.17 bits per heavy atom. The minimum absolute atomic E-state index is 0.262. The van der Waals surface area contributed by atoms with E-state index in [0.29, 0.717) is 16.3 Å². The summed E-state index contributed by atoms with van der Waals surface area (Å²) in [5, 5.41) is 3.84. The molecule has 0 unspecified atom stereocenters. The number of aromatic nitrogens is 2. The molecule has 0 aliphatic rings. The maximum absolute atomic E-state index is 13.4. The molecule has 3 rings (SSSR count). The zero-order valence-electron chi connectivity index (χ0n) is 13.6. The molecule has 0 spiro atoms. The summed E-state index contributed by atoms with van der Waals surface area (Å²) in [4.78, 5) is 14.6. The van der Waals surface area contributed by atoms with Gasteiger partial charge in [0.1, 0.15) is 5.82 Å². The molecule has 3 aromatic rings. The largest absolute Gasteiger partial charge is 0.378 e. The molecule has 0 radical (unpaired) electrons. The maximum atomic E-state index is 13.4. The van der Waals surface area contributed by atoms with Gasteiger partial charge in [0.25, 0.3) is 5.56 Å². The van der Waals surface area contributed by atoms with Crippen molar-refractivity contribution in [3.63, 3.8) is 0 Å². The van der Waals surface area contributed by atoms with Crippen molar-refractivity contribution in [2.45, 2.75) is 0 Å². The fourth-order valence-electron chi connectivity index (χ4n) is 2.48. The normalized spacial score (nSPS) is 11.7. The van der Waals surface area contributed by atoms with E-state index in [1.165, 1.54) is 16.8 Å². The average molecular weight is 323 g/mol. The molecule has 0 saturated heterocycles. The van der Waals surface area contributed by atoms with E-state index in [1.807, 2.05) is 43.3 Å². The van der Waals surface area contributed by atoms with Gasteiger partial charge in [0, 0.05) is 19.8 Å². The molecule has 4 nitrogen and oxygen atoms in total. The van der Waals surface area contributed by atoms with Crippen LogP contribution >= 0.6 is 0 Å². The molecule has 1 N–H and O–H groups in total. The molecule has 0 fully saturated rings. The first-order chi connectivity index (χ1) is 11.5. The van der Waals surface area contributed by atoms with Crippen molar-refractivity contribution in [2.75, 3.05) is 19.0 Å². The highest BCUT2D eigenvalue weighted by atomic mass is 19.1. The SMILES string of the molecule is C=c1[nH]n(-c2cccc(F)c2)c(=O)/c1=C/c1ccc(N(C)C)cc1. The number of nitrogens with zero attached hydrogens (tertiary/aromatic N) is 2. The van der Waals surface area contributed by atoms with Crippen LogP contribution in [-0.4, -0.2) is 23.9 Å². The van der Waals surface area contributed by atoms with E-state index in [-0.39, 0.29) is 5.56 Å². The maximum Gasteiger partial charge on any atom is 0.279 e. The van der Waals surface area contributed by atoms with E-state index >= 15 is 0 Å². The number of rotatable bonds is 3. The predicted octanol–water partition coefficient (Wildman–Crippen LogP) is 1.61. The molecule has 2 aromatic carbocycles. The van der Waals surface area contributed by atoms with E-state index in [1.54, 1.807) is 18.2 Å². The molecule has 122 valence electrons. The quantitative estimate of drug-likeness (QED) is 0.796. The van der Waals surface area contributed by atoms with Gasteiger partial charge >= 0.3 is 0 Å². The van der Waals surface area contributed by atoms with E-state index in [9.17, 15) is 9.18 Å². The van der Waals surface area contributed by atoms with Gasteiger partial charge in [-0.2, -0.15) is 0 Å². The molecule has 1 heterocycles. The van der Waals surface area contributed by atoms with Crippen molar-refractivity contribution in [1.82, 2.24) is 9.78 Å². The molecule has 5 heteroatoms. The zero-order valence-corrected chi connectivity index (χ0v) is 13.6. The summed E-state index contributed by atoms with van der Waals surface area (Å²) in [6.45, 7) is 3.88. The summed E-state index contributed by atoms with van der Waals surface area (Å²) in [6.07, 6.45) is 1.77. The summed E-state index contributed by atoms with van der Waals surface area (Å²) >= 11 is 0. The topological polar surface area (TPSA) is 41.0 Å². The highest BCUT2D eigenvalue weighted by molar-refractivity contribution is 5.55. The third-order valence-electron chi connectivity index (χ3n) is 3.79. The number of hydrogen-bond acceptors (Lipinski definition) is 2. The Hall–Kier alpha value is -3.08. The van der Waals surface area contributed by atoms with Crippen molar-refractivity contribution >= 4 is 18.3 Å². The highest BCUT2D eigenvalue weighted by Gasteiger charge is 2.05. The van der Waals surface area contributed by atoms with Gasteiger partial charge in [-0.15, -0.1) is 0 Å². The second kappa shape index (κ2) is 6.20. The lowest BCUT2D eigenvalue weighted by molar-refractivity contribution is 0.625. The third kappa shape index (κ3) is 3.01. The molecule has 1 aromatic heterocycles. The second-order valence-electron chi connectivity index (χ2n) is 5.75. The Morgan fingerprint density at radius 2 is 1.88 bits per heavy atom. The smallest absolute Gasteiger partial charge is 0.279 e. The Labute approximate surface area is 138 Å². The number of aromatic amines is 1. The van der Waals surface area contributed by atoms with Crippen LogP contribution in [0, 0.1) is 5.82 Å². The second-order valence-corrected chi connectivity index (χ2v) is 5.75. The molecular formula is C19H18FN3O. The van der Waals surface area contributed by atoms with Gasteiger partial charge in [0.2, 0.25) is 0 Å². The van der Waals surface area contributed by atoms with Crippen LogP contribution in [0.2, 0.25) is 0 Å². The van der Waals surface area contributed by atoms with Crippen molar-refractivity contribution in [2.24, 2.45) is 0 Å². The Kier molecular flexibility index (Phi) is 4.08. The van der Waals surface area contributed by atoms with Crippen LogP contribution < -0.4 is 21.0 Å². The van der Waals surface area contributed by atoms with Gasteiger partial charge in [-0.25, -0.2) is 9.07 Å². The van der Waals surface area contributed by atoms with Crippen molar-refractivity contribution < 1.29 is 4.39 Å². The summed E-state index contributed by atoms with van der Waals surface area (Å²) in [6, 6.07) is 13.7. The first-order valence-corrected chi connectivity index (χ1v) is 7.51. The van der Waals surface area contributed by atoms with Crippen LogP contribution in [0.1, 0.15) is 5.56 Å². The van der Waals surface area contributed by atoms with Gasteiger partial charge in [0.05, 0.1) is 16.3 Å². The van der Waals surface area contributed by atoms with Gasteiger partial charge in [0.15, 0.2) is 0 Å². The Balaban J connectivity index is 2.09. The monoisotopic (exact) mass is 323 g/mol. The molecule has 0 amide bonds. The van der Waals surface area contributed by atoms with Crippen molar-refractivity contribution in [3.05, 3.63) is 80.8 Å². The van der Waals surface area contributed by atoms with E-state index in [4.69, 9.17) is 0 Å². The van der Waals surface area contributed by atoms with Crippen LogP contribution in [0.25, 0.3) is 18.3 Å². The summed E-state index contributed by atoms with van der Waals surface area (Å²) in [5.74, 6) is -0.399. The number of nitrogens with one attached hydrogen (secondary N) is 1.